The van der Waals surface area contributed by atoms with Crippen LogP contribution in [0.15, 0.2) is 53.9 Å². The third kappa shape index (κ3) is 6.41. The molecule has 0 bridgehead atoms. The average Bonchev–Trinajstić information content (AvgIpc) is 3.20. The van der Waals surface area contributed by atoms with Crippen LogP contribution in [-0.2, 0) is 13.2 Å². The Balaban J connectivity index is 1.76. The second-order valence-electron chi connectivity index (χ2n) is 6.53. The summed E-state index contributed by atoms with van der Waals surface area (Å²) in [4.78, 5) is 27.8. The number of carbonyl (C=O) groups is 1. The van der Waals surface area contributed by atoms with Crippen LogP contribution in [0, 0.1) is 10.1 Å². The first-order chi connectivity index (χ1) is 15.1. The molecule has 3 aromatic rings. The Hall–Kier alpha value is -3.18. The number of hydrogen-bond donors (Lipinski definition) is 0. The summed E-state index contributed by atoms with van der Waals surface area (Å²) in [6.07, 6.45) is -4.70. The van der Waals surface area contributed by atoms with Crippen LogP contribution >= 0.6 is 22.9 Å². The van der Waals surface area contributed by atoms with Gasteiger partial charge < -0.3 is 9.64 Å². The molecule has 3 rings (SSSR count). The van der Waals surface area contributed by atoms with E-state index in [1.807, 2.05) is 0 Å². The van der Waals surface area contributed by atoms with Crippen molar-refractivity contribution in [1.82, 2.24) is 9.88 Å². The average molecular weight is 486 g/mol. The van der Waals surface area contributed by atoms with Crippen LogP contribution in [0.1, 0.15) is 21.1 Å². The Labute approximate surface area is 189 Å². The molecule has 12 heteroatoms. The molecule has 0 aliphatic heterocycles. The van der Waals surface area contributed by atoms with Crippen LogP contribution in [0.25, 0.3) is 0 Å². The summed E-state index contributed by atoms with van der Waals surface area (Å²) in [6.45, 7) is -2.17. The fourth-order valence-electron chi connectivity index (χ4n) is 2.76. The predicted octanol–water partition coefficient (Wildman–Crippen LogP) is 5.49. The van der Waals surface area contributed by atoms with Crippen LogP contribution in [0.4, 0.5) is 18.9 Å². The van der Waals surface area contributed by atoms with Gasteiger partial charge in [-0.1, -0.05) is 29.8 Å². The molecule has 1 heterocycles. The maximum Gasteiger partial charge on any atom is 0.406 e. The number of rotatable bonds is 8. The molecule has 7 nitrogen and oxygen atoms in total. The highest BCUT2D eigenvalue weighted by molar-refractivity contribution is 7.09. The summed E-state index contributed by atoms with van der Waals surface area (Å²) >= 11 is 6.85. The zero-order chi connectivity index (χ0) is 23.3. The number of carbonyl (C=O) groups excluding carboxylic acids is 1. The smallest absolute Gasteiger partial charge is 0.406 e. The fraction of sp³-hybridized carbons (Fsp3) is 0.200. The number of amides is 1. The number of hydrogen-bond acceptors (Lipinski definition) is 6. The van der Waals surface area contributed by atoms with Crippen molar-refractivity contribution >= 4 is 34.5 Å². The Morgan fingerprint density at radius 1 is 1.19 bits per heavy atom. The minimum absolute atomic E-state index is 0.00298. The first-order valence-corrected chi connectivity index (χ1v) is 10.3. The SMILES string of the molecule is O=C(c1csc(COc2ccc(Cl)cc2)n1)N(Cc1ccccc1[N+](=O)[O-])CC(F)(F)F. The molecule has 0 spiro atoms. The van der Waals surface area contributed by atoms with Gasteiger partial charge in [0.2, 0.25) is 0 Å². The van der Waals surface area contributed by atoms with E-state index in [0.717, 1.165) is 11.3 Å². The third-order valence-corrected chi connectivity index (χ3v) is 5.23. The largest absolute Gasteiger partial charge is 0.486 e. The number of nitrogens with zero attached hydrogens (tertiary/aromatic N) is 3. The van der Waals surface area contributed by atoms with E-state index in [1.165, 1.54) is 29.6 Å². The van der Waals surface area contributed by atoms with Crippen LogP contribution in [-0.4, -0.2) is 33.4 Å². The second-order valence-corrected chi connectivity index (χ2v) is 7.91. The van der Waals surface area contributed by atoms with Crippen molar-refractivity contribution in [3.63, 3.8) is 0 Å². The Morgan fingerprint density at radius 2 is 1.88 bits per heavy atom. The first kappa shape index (κ1) is 23.5. The van der Waals surface area contributed by atoms with Crippen molar-refractivity contribution in [2.45, 2.75) is 19.3 Å². The molecule has 0 aliphatic rings. The normalized spacial score (nSPS) is 11.2. The molecule has 0 saturated carbocycles. The fourth-order valence-corrected chi connectivity index (χ4v) is 3.56. The quantitative estimate of drug-likeness (QED) is 0.311. The van der Waals surface area contributed by atoms with Crippen molar-refractivity contribution in [1.29, 1.82) is 0 Å². The first-order valence-electron chi connectivity index (χ1n) is 9.03. The molecule has 2 aromatic carbocycles. The van der Waals surface area contributed by atoms with E-state index in [-0.39, 0.29) is 23.6 Å². The molecule has 168 valence electrons. The van der Waals surface area contributed by atoms with Gasteiger partial charge in [0, 0.05) is 22.0 Å². The molecule has 0 unspecified atom stereocenters. The lowest BCUT2D eigenvalue weighted by Crippen LogP contribution is -2.38. The lowest BCUT2D eigenvalue weighted by molar-refractivity contribution is -0.385. The van der Waals surface area contributed by atoms with Crippen molar-refractivity contribution in [2.24, 2.45) is 0 Å². The summed E-state index contributed by atoms with van der Waals surface area (Å²) in [5.74, 6) is -0.484. The predicted molar refractivity (Wildman–Crippen MR) is 112 cm³/mol. The van der Waals surface area contributed by atoms with Gasteiger partial charge in [-0.3, -0.25) is 14.9 Å². The van der Waals surface area contributed by atoms with E-state index in [0.29, 0.717) is 20.7 Å². The summed E-state index contributed by atoms with van der Waals surface area (Å²) in [7, 11) is 0. The van der Waals surface area contributed by atoms with E-state index < -0.39 is 30.1 Å². The number of nitro benzene ring substituents is 1. The summed E-state index contributed by atoms with van der Waals surface area (Å²) in [5.41, 5.74) is -0.591. The number of alkyl halides is 3. The van der Waals surface area contributed by atoms with Crippen molar-refractivity contribution in [2.75, 3.05) is 6.54 Å². The summed E-state index contributed by atoms with van der Waals surface area (Å²) in [5, 5.41) is 13.4. The highest BCUT2D eigenvalue weighted by Gasteiger charge is 2.35. The topological polar surface area (TPSA) is 85.6 Å². The Bertz CT molecular complexity index is 1110. The number of aromatic nitrogens is 1. The van der Waals surface area contributed by atoms with Gasteiger partial charge in [0.1, 0.15) is 29.6 Å². The van der Waals surface area contributed by atoms with Crippen LogP contribution < -0.4 is 4.74 Å². The van der Waals surface area contributed by atoms with Crippen molar-refractivity contribution in [3.8, 4) is 5.75 Å². The molecule has 0 aliphatic carbocycles. The van der Waals surface area contributed by atoms with Gasteiger partial charge in [-0.05, 0) is 24.3 Å². The zero-order valence-electron chi connectivity index (χ0n) is 16.2. The van der Waals surface area contributed by atoms with Gasteiger partial charge in [0.05, 0.1) is 11.5 Å². The number of nitro groups is 1. The molecular formula is C20H15ClF3N3O4S. The molecule has 32 heavy (non-hydrogen) atoms. The molecule has 0 atom stereocenters. The number of thiazole rings is 1. The van der Waals surface area contributed by atoms with Gasteiger partial charge in [-0.25, -0.2) is 4.98 Å². The minimum Gasteiger partial charge on any atom is -0.486 e. The van der Waals surface area contributed by atoms with Gasteiger partial charge in [0.15, 0.2) is 0 Å². The summed E-state index contributed by atoms with van der Waals surface area (Å²) in [6, 6.07) is 11.9. The van der Waals surface area contributed by atoms with E-state index >= 15 is 0 Å². The highest BCUT2D eigenvalue weighted by Crippen LogP contribution is 2.25. The van der Waals surface area contributed by atoms with E-state index in [4.69, 9.17) is 16.3 Å². The van der Waals surface area contributed by atoms with Gasteiger partial charge in [-0.2, -0.15) is 13.2 Å². The molecule has 1 amide bonds. The van der Waals surface area contributed by atoms with E-state index in [2.05, 4.69) is 4.98 Å². The maximum atomic E-state index is 13.1. The van der Waals surface area contributed by atoms with Crippen LogP contribution in [0.5, 0.6) is 5.75 Å². The van der Waals surface area contributed by atoms with E-state index in [1.54, 1.807) is 24.3 Å². The Morgan fingerprint density at radius 3 is 2.53 bits per heavy atom. The molecule has 0 saturated heterocycles. The molecule has 1 aromatic heterocycles. The van der Waals surface area contributed by atoms with Gasteiger partial charge in [0.25, 0.3) is 11.6 Å². The van der Waals surface area contributed by atoms with Gasteiger partial charge >= 0.3 is 6.18 Å². The van der Waals surface area contributed by atoms with E-state index in [9.17, 15) is 28.1 Å². The molecule has 0 radical (unpaired) electrons. The lowest BCUT2D eigenvalue weighted by atomic mass is 10.1. The Kier molecular flexibility index (Phi) is 7.31. The second kappa shape index (κ2) is 9.96. The zero-order valence-corrected chi connectivity index (χ0v) is 17.8. The molecular weight excluding hydrogens is 471 g/mol. The van der Waals surface area contributed by atoms with Crippen LogP contribution in [0.3, 0.4) is 0 Å². The third-order valence-electron chi connectivity index (χ3n) is 4.15. The number of benzene rings is 2. The van der Waals surface area contributed by atoms with Crippen molar-refractivity contribution in [3.05, 3.63) is 85.3 Å². The highest BCUT2D eigenvalue weighted by atomic mass is 35.5. The number of para-hydroxylation sites is 1. The summed E-state index contributed by atoms with van der Waals surface area (Å²) < 4.78 is 44.9. The monoisotopic (exact) mass is 485 g/mol. The minimum atomic E-state index is -4.70. The van der Waals surface area contributed by atoms with Crippen LogP contribution in [0.2, 0.25) is 5.02 Å². The molecule has 0 N–H and O–H groups in total. The number of halogens is 4. The maximum absolute atomic E-state index is 13.1. The van der Waals surface area contributed by atoms with Crippen molar-refractivity contribution < 1.29 is 27.6 Å². The standard InChI is InChI=1S/C20H15ClF3N3O4S/c21-14-5-7-15(8-6-14)31-10-18-25-16(11-32-18)19(28)26(12-20(22,23)24)9-13-3-1-2-4-17(13)27(29)30/h1-8,11H,9-10,12H2. The number of ether oxygens (including phenoxy) is 1. The van der Waals surface area contributed by atoms with Gasteiger partial charge in [-0.15, -0.1) is 11.3 Å². The molecule has 0 fully saturated rings. The lowest BCUT2D eigenvalue weighted by Gasteiger charge is -2.23.